The summed E-state index contributed by atoms with van der Waals surface area (Å²) in [5, 5.41) is 12.8. The van der Waals surface area contributed by atoms with Gasteiger partial charge in [0.05, 0.1) is 12.6 Å². The van der Waals surface area contributed by atoms with E-state index in [0.29, 0.717) is 19.2 Å². The van der Waals surface area contributed by atoms with Crippen LogP contribution in [0.3, 0.4) is 0 Å². The van der Waals surface area contributed by atoms with Crippen molar-refractivity contribution in [1.29, 1.82) is 0 Å². The summed E-state index contributed by atoms with van der Waals surface area (Å²) in [7, 11) is 2.10. The Morgan fingerprint density at radius 1 is 1.41 bits per heavy atom. The zero-order valence-corrected chi connectivity index (χ0v) is 18.2. The molecule has 0 N–H and O–H groups in total. The van der Waals surface area contributed by atoms with E-state index in [9.17, 15) is 0 Å². The van der Waals surface area contributed by atoms with Gasteiger partial charge in [-0.05, 0) is 32.0 Å². The minimum atomic E-state index is 0.332. The molecule has 4 heterocycles. The Hall–Kier alpha value is -1.94. The van der Waals surface area contributed by atoms with Crippen molar-refractivity contribution in [2.45, 2.75) is 43.7 Å². The summed E-state index contributed by atoms with van der Waals surface area (Å²) >= 11 is 3.36. The fourth-order valence-corrected chi connectivity index (χ4v) is 5.13. The minimum Gasteiger partial charge on any atom is -0.377 e. The lowest BCUT2D eigenvalue weighted by Crippen LogP contribution is -2.21. The fourth-order valence-electron chi connectivity index (χ4n) is 3.44. The number of ether oxygens (including phenoxy) is 1. The molecule has 9 heteroatoms. The second-order valence-corrected chi connectivity index (χ2v) is 8.96. The van der Waals surface area contributed by atoms with Gasteiger partial charge in [-0.3, -0.25) is 9.47 Å². The van der Waals surface area contributed by atoms with Gasteiger partial charge in [0.2, 0.25) is 0 Å². The number of rotatable bonds is 10. The number of thiazole rings is 1. The number of allylic oxidation sites excluding steroid dienone is 1. The van der Waals surface area contributed by atoms with Gasteiger partial charge in [0.25, 0.3) is 0 Å². The molecule has 4 rings (SSSR count). The molecule has 1 aliphatic rings. The number of nitrogens with zero attached hydrogens (tertiary/aromatic N) is 6. The summed E-state index contributed by atoms with van der Waals surface area (Å²) in [6.07, 6.45) is 8.42. The zero-order chi connectivity index (χ0) is 20.1. The van der Waals surface area contributed by atoms with Crippen molar-refractivity contribution >= 4 is 23.1 Å². The van der Waals surface area contributed by atoms with Crippen LogP contribution < -0.4 is 0 Å². The van der Waals surface area contributed by atoms with Crippen LogP contribution in [-0.4, -0.2) is 54.7 Å². The fraction of sp³-hybridized carbons (Fsp3) is 0.450. The third-order valence-corrected chi connectivity index (χ3v) is 6.70. The third-order valence-electron chi connectivity index (χ3n) is 4.83. The SMILES string of the molecule is C=CCn1c(CN(C)Cc2cccn2-c2nccs2)nnc1SCC1CCCO1. The number of hydrogen-bond donors (Lipinski definition) is 0. The molecule has 7 nitrogen and oxygen atoms in total. The van der Waals surface area contributed by atoms with Crippen LogP contribution in [0.5, 0.6) is 0 Å². The van der Waals surface area contributed by atoms with Gasteiger partial charge < -0.3 is 9.30 Å². The van der Waals surface area contributed by atoms with Crippen LogP contribution in [-0.2, 0) is 24.4 Å². The molecule has 1 unspecified atom stereocenters. The van der Waals surface area contributed by atoms with E-state index in [-0.39, 0.29) is 0 Å². The molecule has 0 saturated carbocycles. The van der Waals surface area contributed by atoms with E-state index in [1.54, 1.807) is 23.1 Å². The molecular weight excluding hydrogens is 404 g/mol. The molecule has 0 spiro atoms. The van der Waals surface area contributed by atoms with Crippen molar-refractivity contribution in [3.05, 3.63) is 54.1 Å². The lowest BCUT2D eigenvalue weighted by atomic mass is 10.3. The number of aromatic nitrogens is 5. The molecule has 29 heavy (non-hydrogen) atoms. The van der Waals surface area contributed by atoms with Crippen LogP contribution in [0.4, 0.5) is 0 Å². The smallest absolute Gasteiger partial charge is 0.193 e. The van der Waals surface area contributed by atoms with Gasteiger partial charge >= 0.3 is 0 Å². The highest BCUT2D eigenvalue weighted by molar-refractivity contribution is 7.99. The van der Waals surface area contributed by atoms with Crippen LogP contribution in [0.15, 0.2) is 47.7 Å². The number of thioether (sulfide) groups is 1. The summed E-state index contributed by atoms with van der Waals surface area (Å²) < 4.78 is 10.0. The maximum atomic E-state index is 5.73. The molecule has 1 aliphatic heterocycles. The Labute approximate surface area is 179 Å². The van der Waals surface area contributed by atoms with Gasteiger partial charge in [0.1, 0.15) is 5.82 Å². The van der Waals surface area contributed by atoms with Crippen LogP contribution >= 0.6 is 23.1 Å². The van der Waals surface area contributed by atoms with E-state index in [1.807, 2.05) is 17.7 Å². The quantitative estimate of drug-likeness (QED) is 0.362. The topological polar surface area (TPSA) is 61.0 Å². The van der Waals surface area contributed by atoms with Gasteiger partial charge in [-0.1, -0.05) is 17.8 Å². The second-order valence-electron chi connectivity index (χ2n) is 7.10. The van der Waals surface area contributed by atoms with E-state index in [4.69, 9.17) is 4.74 Å². The summed E-state index contributed by atoms with van der Waals surface area (Å²) in [4.78, 5) is 6.67. The predicted octanol–water partition coefficient (Wildman–Crippen LogP) is 3.61. The largest absolute Gasteiger partial charge is 0.377 e. The first-order chi connectivity index (χ1) is 14.2. The Balaban J connectivity index is 1.42. The Bertz CT molecular complexity index is 913. The van der Waals surface area contributed by atoms with Crippen LogP contribution in [0.2, 0.25) is 0 Å². The molecule has 0 bridgehead atoms. The summed E-state index contributed by atoms with van der Waals surface area (Å²) in [5.41, 5.74) is 1.20. The summed E-state index contributed by atoms with van der Waals surface area (Å²) in [6, 6.07) is 4.19. The predicted molar refractivity (Wildman–Crippen MR) is 117 cm³/mol. The highest BCUT2D eigenvalue weighted by Gasteiger charge is 2.19. The minimum absolute atomic E-state index is 0.332. The molecule has 0 amide bonds. The Morgan fingerprint density at radius 3 is 3.10 bits per heavy atom. The molecule has 0 radical (unpaired) electrons. The first-order valence-electron chi connectivity index (χ1n) is 9.76. The standard InChI is InChI=1S/C20H26N6OS2/c1-3-9-26-18(22-23-20(26)29-15-17-7-5-11-27-17)14-24(2)13-16-6-4-10-25(16)19-21-8-12-28-19/h3-4,6,8,10,12,17H,1,5,7,9,11,13-15H2,2H3. The van der Waals surface area contributed by atoms with E-state index < -0.39 is 0 Å². The van der Waals surface area contributed by atoms with Crippen molar-refractivity contribution in [2.75, 3.05) is 19.4 Å². The van der Waals surface area contributed by atoms with Crippen molar-refractivity contribution in [1.82, 2.24) is 29.2 Å². The van der Waals surface area contributed by atoms with Crippen molar-refractivity contribution in [2.24, 2.45) is 0 Å². The van der Waals surface area contributed by atoms with E-state index in [2.05, 4.69) is 61.2 Å². The van der Waals surface area contributed by atoms with Crippen molar-refractivity contribution in [3.63, 3.8) is 0 Å². The van der Waals surface area contributed by atoms with Crippen LogP contribution in [0.25, 0.3) is 5.13 Å². The van der Waals surface area contributed by atoms with E-state index >= 15 is 0 Å². The zero-order valence-electron chi connectivity index (χ0n) is 16.6. The van der Waals surface area contributed by atoms with Gasteiger partial charge in [-0.15, -0.1) is 28.1 Å². The highest BCUT2D eigenvalue weighted by atomic mass is 32.2. The first kappa shape index (κ1) is 20.3. The van der Waals surface area contributed by atoms with Gasteiger partial charge in [0.15, 0.2) is 10.3 Å². The maximum Gasteiger partial charge on any atom is 0.193 e. The molecular formula is C20H26N6OS2. The average Bonchev–Trinajstić information content (AvgIpc) is 3.50. The second kappa shape index (κ2) is 9.71. The van der Waals surface area contributed by atoms with Gasteiger partial charge in [-0.2, -0.15) is 0 Å². The summed E-state index contributed by atoms with van der Waals surface area (Å²) in [5.74, 6) is 1.88. The highest BCUT2D eigenvalue weighted by Crippen LogP contribution is 2.24. The third kappa shape index (κ3) is 4.98. The summed E-state index contributed by atoms with van der Waals surface area (Å²) in [6.45, 7) is 7.00. The average molecular weight is 431 g/mol. The Kier molecular flexibility index (Phi) is 6.81. The lowest BCUT2D eigenvalue weighted by Gasteiger charge is -2.18. The molecule has 3 aromatic heterocycles. The van der Waals surface area contributed by atoms with Crippen molar-refractivity contribution < 1.29 is 4.74 Å². The molecule has 154 valence electrons. The maximum absolute atomic E-state index is 5.73. The molecule has 0 aromatic carbocycles. The van der Waals surface area contributed by atoms with E-state index in [1.165, 1.54) is 5.69 Å². The molecule has 3 aromatic rings. The normalized spacial score (nSPS) is 16.7. The van der Waals surface area contributed by atoms with Crippen LogP contribution in [0.1, 0.15) is 24.4 Å². The molecule has 1 saturated heterocycles. The van der Waals surface area contributed by atoms with Crippen molar-refractivity contribution in [3.8, 4) is 5.13 Å². The molecule has 1 fully saturated rings. The molecule has 1 atom stereocenters. The van der Waals surface area contributed by atoms with Gasteiger partial charge in [-0.25, -0.2) is 4.98 Å². The monoisotopic (exact) mass is 430 g/mol. The van der Waals surface area contributed by atoms with E-state index in [0.717, 1.165) is 47.9 Å². The lowest BCUT2D eigenvalue weighted by molar-refractivity contribution is 0.129. The number of hydrogen-bond acceptors (Lipinski definition) is 7. The van der Waals surface area contributed by atoms with Gasteiger partial charge in [0, 0.05) is 48.9 Å². The van der Waals surface area contributed by atoms with Crippen LogP contribution in [0, 0.1) is 0 Å². The Morgan fingerprint density at radius 2 is 2.34 bits per heavy atom. The first-order valence-corrected chi connectivity index (χ1v) is 11.6. The molecule has 0 aliphatic carbocycles.